The monoisotopic (exact) mass is 752 g/mol. The first-order valence-electron chi connectivity index (χ1n) is 16.9. The third kappa shape index (κ3) is 10.2. The smallest absolute Gasteiger partial charge is 0.410 e. The maximum Gasteiger partial charge on any atom is 0.410 e. The second-order valence-corrected chi connectivity index (χ2v) is 15.9. The minimum atomic E-state index is -4.23. The number of unbranched alkanes of at least 4 members (excludes halogenated alkanes) is 1. The molecule has 1 unspecified atom stereocenters. The van der Waals surface area contributed by atoms with Gasteiger partial charge in [-0.25, -0.2) is 19.4 Å². The van der Waals surface area contributed by atoms with Crippen LogP contribution in [0.3, 0.4) is 0 Å². The molecular weight excluding hydrogens is 709 g/mol. The molecule has 3 aromatic heterocycles. The Morgan fingerprint density at radius 2 is 1.78 bits per heavy atom. The highest BCUT2D eigenvalue weighted by Gasteiger charge is 2.62. The molecule has 1 aliphatic carbocycles. The number of aromatic nitrogens is 4. The Kier molecular flexibility index (Phi) is 11.7. The average molecular weight is 753 g/mol. The van der Waals surface area contributed by atoms with Gasteiger partial charge in [-0.05, 0) is 116 Å². The van der Waals surface area contributed by atoms with E-state index >= 15 is 0 Å². The normalized spacial score (nSPS) is 18.0. The number of amides is 2. The molecule has 1 aliphatic heterocycles. The Labute approximate surface area is 305 Å². The lowest BCUT2D eigenvalue weighted by molar-refractivity contribution is -0.190. The standard InChI is InChI=1S/C35H44ClF3N6O5S/c1-32(2,3)50-31(47)44-22-23(20-33(44,4)5)8-6-7-18-48-27-12-9-24(21-40-27)51-43-30(46)25-10-11-26(41-29(25)36)45-17-13-28(42-45)49-19-16-34(14-15-34)35(37,38)39/h9-13,17,21,23H,6-8,14-16,18-20,22H2,1-5H3,(H,43,46). The van der Waals surface area contributed by atoms with Crippen molar-refractivity contribution >= 4 is 35.5 Å². The summed E-state index contributed by atoms with van der Waals surface area (Å²) in [7, 11) is 0. The highest BCUT2D eigenvalue weighted by Crippen LogP contribution is 2.59. The van der Waals surface area contributed by atoms with Gasteiger partial charge in [0.05, 0.1) is 24.2 Å². The summed E-state index contributed by atoms with van der Waals surface area (Å²) in [5.41, 5.74) is -2.26. The van der Waals surface area contributed by atoms with E-state index in [1.165, 1.54) is 16.8 Å². The quantitative estimate of drug-likeness (QED) is 0.0983. The highest BCUT2D eigenvalue weighted by atomic mass is 35.5. The first-order valence-corrected chi connectivity index (χ1v) is 18.1. The third-order valence-electron chi connectivity index (χ3n) is 8.96. The van der Waals surface area contributed by atoms with E-state index in [1.807, 2.05) is 25.7 Å². The van der Waals surface area contributed by atoms with Crippen LogP contribution in [0.2, 0.25) is 5.15 Å². The van der Waals surface area contributed by atoms with Crippen LogP contribution in [0.15, 0.2) is 47.6 Å². The largest absolute Gasteiger partial charge is 0.478 e. The zero-order valence-electron chi connectivity index (χ0n) is 29.4. The molecule has 0 bridgehead atoms. The van der Waals surface area contributed by atoms with Gasteiger partial charge in [0, 0.05) is 41.5 Å². The predicted octanol–water partition coefficient (Wildman–Crippen LogP) is 8.45. The zero-order chi connectivity index (χ0) is 37.0. The Morgan fingerprint density at radius 1 is 1.04 bits per heavy atom. The van der Waals surface area contributed by atoms with Gasteiger partial charge in [-0.2, -0.15) is 13.2 Å². The van der Waals surface area contributed by atoms with Crippen LogP contribution in [0.4, 0.5) is 18.0 Å². The minimum Gasteiger partial charge on any atom is -0.478 e. The summed E-state index contributed by atoms with van der Waals surface area (Å²) in [4.78, 5) is 36.6. The second-order valence-electron chi connectivity index (χ2n) is 14.7. The number of rotatable bonds is 14. The van der Waals surface area contributed by atoms with Crippen LogP contribution in [0.1, 0.15) is 89.9 Å². The molecule has 0 radical (unpaired) electrons. The SMILES string of the molecule is CC(C)(C)OC(=O)N1CC(CCCCOc2ccc(SNC(=O)c3ccc(-n4ccc(OCCC5(C(F)(F)F)CC5)n4)nc3Cl)cn2)CC1(C)C. The Morgan fingerprint density at radius 3 is 2.43 bits per heavy atom. The molecule has 1 saturated heterocycles. The molecule has 2 aliphatic rings. The van der Waals surface area contributed by atoms with Crippen molar-refractivity contribution in [3.05, 3.63) is 53.4 Å². The lowest BCUT2D eigenvalue weighted by atomic mass is 9.93. The molecule has 0 aromatic carbocycles. The number of ether oxygens (including phenoxy) is 3. The number of carbonyl (C=O) groups excluding carboxylic acids is 2. The molecule has 1 atom stereocenters. The summed E-state index contributed by atoms with van der Waals surface area (Å²) in [6, 6.07) is 8.09. The van der Waals surface area contributed by atoms with Gasteiger partial charge in [-0.15, -0.1) is 5.10 Å². The van der Waals surface area contributed by atoms with E-state index in [9.17, 15) is 22.8 Å². The van der Waals surface area contributed by atoms with Crippen LogP contribution in [0.5, 0.6) is 11.8 Å². The summed E-state index contributed by atoms with van der Waals surface area (Å²) in [5, 5.41) is 4.15. The molecule has 1 saturated carbocycles. The van der Waals surface area contributed by atoms with Crippen molar-refractivity contribution in [1.82, 2.24) is 29.4 Å². The van der Waals surface area contributed by atoms with Crippen molar-refractivity contribution in [3.63, 3.8) is 0 Å². The fourth-order valence-electron chi connectivity index (χ4n) is 6.01. The Hall–Kier alpha value is -3.72. The van der Waals surface area contributed by atoms with E-state index in [0.29, 0.717) is 35.7 Å². The summed E-state index contributed by atoms with van der Waals surface area (Å²) < 4.78 is 60.3. The van der Waals surface area contributed by atoms with Crippen molar-refractivity contribution in [3.8, 4) is 17.6 Å². The number of nitrogens with one attached hydrogen (secondary N) is 1. The molecule has 2 fully saturated rings. The van der Waals surface area contributed by atoms with Crippen molar-refractivity contribution < 1.29 is 37.0 Å². The van der Waals surface area contributed by atoms with E-state index in [1.54, 1.807) is 30.6 Å². The lowest BCUT2D eigenvalue weighted by Crippen LogP contribution is -2.45. The fraction of sp³-hybridized carbons (Fsp3) is 0.571. The summed E-state index contributed by atoms with van der Waals surface area (Å²) in [6.45, 7) is 10.9. The number of nitrogens with zero attached hydrogens (tertiary/aromatic N) is 5. The van der Waals surface area contributed by atoms with Crippen molar-refractivity contribution in [1.29, 1.82) is 0 Å². The van der Waals surface area contributed by atoms with E-state index in [0.717, 1.165) is 37.6 Å². The molecule has 16 heteroatoms. The summed E-state index contributed by atoms with van der Waals surface area (Å²) in [5.74, 6) is 0.890. The molecule has 3 aromatic rings. The van der Waals surface area contributed by atoms with E-state index < -0.39 is 23.1 Å². The van der Waals surface area contributed by atoms with Crippen LogP contribution >= 0.6 is 23.5 Å². The number of pyridine rings is 2. The minimum absolute atomic E-state index is 0.0525. The van der Waals surface area contributed by atoms with Crippen LogP contribution in [-0.4, -0.2) is 73.7 Å². The molecule has 5 rings (SSSR count). The Balaban J connectivity index is 1.00. The topological polar surface area (TPSA) is 121 Å². The van der Waals surface area contributed by atoms with Gasteiger partial charge in [-0.1, -0.05) is 11.6 Å². The number of hydrogen-bond donors (Lipinski definition) is 1. The van der Waals surface area contributed by atoms with Crippen molar-refractivity contribution in [2.24, 2.45) is 11.3 Å². The van der Waals surface area contributed by atoms with Gasteiger partial charge < -0.3 is 19.1 Å². The zero-order valence-corrected chi connectivity index (χ0v) is 31.0. The lowest BCUT2D eigenvalue weighted by Gasteiger charge is -2.33. The third-order valence-corrected chi connectivity index (χ3v) is 10.0. The number of alkyl halides is 3. The maximum absolute atomic E-state index is 13.1. The average Bonchev–Trinajstić information content (AvgIpc) is 3.59. The van der Waals surface area contributed by atoms with Gasteiger partial charge in [0.2, 0.25) is 11.8 Å². The van der Waals surface area contributed by atoms with Crippen molar-refractivity contribution in [2.45, 2.75) is 102 Å². The summed E-state index contributed by atoms with van der Waals surface area (Å²) in [6.07, 6.45) is 2.52. The molecule has 11 nitrogen and oxygen atoms in total. The first kappa shape index (κ1) is 38.5. The van der Waals surface area contributed by atoms with Gasteiger partial charge in [0.1, 0.15) is 10.8 Å². The van der Waals surface area contributed by atoms with Crippen LogP contribution in [0.25, 0.3) is 5.82 Å². The fourth-order valence-corrected chi connectivity index (χ4v) is 6.81. The van der Waals surface area contributed by atoms with Gasteiger partial charge in [0.15, 0.2) is 5.82 Å². The number of likely N-dealkylation sites (tertiary alicyclic amines) is 1. The highest BCUT2D eigenvalue weighted by molar-refractivity contribution is 7.98. The second kappa shape index (κ2) is 15.5. The molecule has 278 valence electrons. The van der Waals surface area contributed by atoms with Gasteiger partial charge in [0.25, 0.3) is 5.91 Å². The van der Waals surface area contributed by atoms with Crippen LogP contribution < -0.4 is 14.2 Å². The van der Waals surface area contributed by atoms with E-state index in [4.69, 9.17) is 25.8 Å². The Bertz CT molecular complexity index is 1680. The van der Waals surface area contributed by atoms with Gasteiger partial charge >= 0.3 is 12.3 Å². The van der Waals surface area contributed by atoms with E-state index in [2.05, 4.69) is 33.6 Å². The number of carbonyl (C=O) groups is 2. The van der Waals surface area contributed by atoms with Crippen LogP contribution in [0, 0.1) is 11.3 Å². The van der Waals surface area contributed by atoms with Gasteiger partial charge in [-0.3, -0.25) is 9.52 Å². The molecule has 1 N–H and O–H groups in total. The molecule has 0 spiro atoms. The molecule has 51 heavy (non-hydrogen) atoms. The predicted molar refractivity (Wildman–Crippen MR) is 186 cm³/mol. The summed E-state index contributed by atoms with van der Waals surface area (Å²) >= 11 is 7.38. The molecular formula is C35H44ClF3N6O5S. The molecule has 4 heterocycles. The molecule has 2 amide bonds. The van der Waals surface area contributed by atoms with Crippen molar-refractivity contribution in [2.75, 3.05) is 19.8 Å². The number of hydrogen-bond acceptors (Lipinski definition) is 9. The number of halogens is 4. The first-order chi connectivity index (χ1) is 23.9. The maximum atomic E-state index is 13.1. The van der Waals surface area contributed by atoms with E-state index in [-0.39, 0.29) is 54.1 Å². The van der Waals surface area contributed by atoms with Crippen LogP contribution in [-0.2, 0) is 4.74 Å².